The van der Waals surface area contributed by atoms with Gasteiger partial charge >= 0.3 is 0 Å². The van der Waals surface area contributed by atoms with Gasteiger partial charge in [0.1, 0.15) is 0 Å². The van der Waals surface area contributed by atoms with Gasteiger partial charge in [-0.25, -0.2) is 0 Å². The van der Waals surface area contributed by atoms with E-state index in [0.29, 0.717) is 10.0 Å². The molecule has 0 amide bonds. The van der Waals surface area contributed by atoms with E-state index < -0.39 is 0 Å². The zero-order valence-corrected chi connectivity index (χ0v) is 15.9. The summed E-state index contributed by atoms with van der Waals surface area (Å²) in [5.41, 5.74) is 5.71. The minimum Gasteiger partial charge on any atom is -0.361 e. The van der Waals surface area contributed by atoms with Crippen LogP contribution < -0.4 is 0 Å². The van der Waals surface area contributed by atoms with Gasteiger partial charge in [-0.3, -0.25) is 0 Å². The Balaban J connectivity index is 1.82. The fourth-order valence-electron chi connectivity index (χ4n) is 3.93. The number of halogens is 2. The zero-order chi connectivity index (χ0) is 18.4. The average Bonchev–Trinajstić information content (AvgIpc) is 3.27. The number of aromatic nitrogens is 2. The Morgan fingerprint density at radius 2 is 1.11 bits per heavy atom. The van der Waals surface area contributed by atoms with E-state index in [0.717, 1.165) is 16.6 Å². The van der Waals surface area contributed by atoms with Gasteiger partial charge in [-0.2, -0.15) is 0 Å². The second-order valence-corrected chi connectivity index (χ2v) is 7.59. The molecule has 132 valence electrons. The Morgan fingerprint density at radius 1 is 0.630 bits per heavy atom. The first-order valence-electron chi connectivity index (χ1n) is 8.79. The summed E-state index contributed by atoms with van der Waals surface area (Å²) in [6.45, 7) is 0. The van der Waals surface area contributed by atoms with Crippen molar-refractivity contribution in [3.05, 3.63) is 106 Å². The molecular weight excluding hydrogens is 375 g/mol. The van der Waals surface area contributed by atoms with E-state index in [1.54, 1.807) is 6.07 Å². The van der Waals surface area contributed by atoms with Gasteiger partial charge in [-0.1, -0.05) is 59.6 Å². The molecular formula is C23H16Cl2N2. The maximum absolute atomic E-state index is 6.35. The number of fused-ring (bicyclic) bond motifs is 2. The summed E-state index contributed by atoms with van der Waals surface area (Å²) in [4.78, 5) is 6.80. The predicted molar refractivity (Wildman–Crippen MR) is 114 cm³/mol. The second kappa shape index (κ2) is 6.49. The standard InChI is InChI=1S/C23H16Cl2N2/c24-15-9-14(10-16(25)11-15)23(19-12-26-21-7-3-1-5-17(19)21)20-13-27-22-8-4-2-6-18(20)22/h1-13,23,26-27H. The lowest BCUT2D eigenvalue weighted by Crippen LogP contribution is -2.02. The molecule has 0 bridgehead atoms. The molecule has 0 aliphatic carbocycles. The molecule has 27 heavy (non-hydrogen) atoms. The minimum atomic E-state index is 0.00787. The maximum Gasteiger partial charge on any atom is 0.0457 e. The number of nitrogens with one attached hydrogen (secondary N) is 2. The molecule has 5 aromatic rings. The number of hydrogen-bond donors (Lipinski definition) is 2. The molecule has 0 radical (unpaired) electrons. The summed E-state index contributed by atoms with van der Waals surface area (Å²) in [7, 11) is 0. The van der Waals surface area contributed by atoms with Gasteiger partial charge in [-0.05, 0) is 47.0 Å². The molecule has 0 aliphatic heterocycles. The van der Waals surface area contributed by atoms with Crippen molar-refractivity contribution in [2.45, 2.75) is 5.92 Å². The quantitative estimate of drug-likeness (QED) is 0.328. The maximum atomic E-state index is 6.35. The molecule has 2 heterocycles. The van der Waals surface area contributed by atoms with E-state index >= 15 is 0 Å². The van der Waals surface area contributed by atoms with Crippen molar-refractivity contribution < 1.29 is 0 Å². The third-order valence-corrected chi connectivity index (χ3v) is 5.52. The highest BCUT2D eigenvalue weighted by Gasteiger charge is 2.23. The van der Waals surface area contributed by atoms with Crippen molar-refractivity contribution >= 4 is 45.0 Å². The van der Waals surface area contributed by atoms with Gasteiger partial charge < -0.3 is 9.97 Å². The van der Waals surface area contributed by atoms with Crippen molar-refractivity contribution in [2.24, 2.45) is 0 Å². The van der Waals surface area contributed by atoms with Gasteiger partial charge in [-0.15, -0.1) is 0 Å². The van der Waals surface area contributed by atoms with Crippen LogP contribution in [0, 0.1) is 0 Å². The average molecular weight is 391 g/mol. The molecule has 0 atom stereocenters. The zero-order valence-electron chi connectivity index (χ0n) is 14.3. The molecule has 0 saturated heterocycles. The smallest absolute Gasteiger partial charge is 0.0457 e. The van der Waals surface area contributed by atoms with Crippen LogP contribution >= 0.6 is 23.2 Å². The molecule has 2 aromatic heterocycles. The Morgan fingerprint density at radius 3 is 1.63 bits per heavy atom. The van der Waals surface area contributed by atoms with E-state index in [9.17, 15) is 0 Å². The first-order valence-corrected chi connectivity index (χ1v) is 9.54. The number of para-hydroxylation sites is 2. The molecule has 0 unspecified atom stereocenters. The first kappa shape index (κ1) is 16.5. The largest absolute Gasteiger partial charge is 0.361 e. The molecule has 0 saturated carbocycles. The van der Waals surface area contributed by atoms with Crippen molar-refractivity contribution in [2.75, 3.05) is 0 Å². The summed E-state index contributed by atoms with van der Waals surface area (Å²) in [6.07, 6.45) is 4.18. The van der Waals surface area contributed by atoms with E-state index in [4.69, 9.17) is 23.2 Å². The van der Waals surface area contributed by atoms with E-state index in [-0.39, 0.29) is 5.92 Å². The van der Waals surface area contributed by atoms with Gasteiger partial charge in [0.25, 0.3) is 0 Å². The minimum absolute atomic E-state index is 0.00787. The van der Waals surface area contributed by atoms with Crippen LogP contribution in [0.5, 0.6) is 0 Å². The number of H-pyrrole nitrogens is 2. The van der Waals surface area contributed by atoms with E-state index in [2.05, 4.69) is 58.8 Å². The molecule has 0 aliphatic rings. The molecule has 0 spiro atoms. The number of aromatic amines is 2. The van der Waals surface area contributed by atoms with Crippen LogP contribution in [0.4, 0.5) is 0 Å². The second-order valence-electron chi connectivity index (χ2n) is 6.71. The van der Waals surface area contributed by atoms with Gasteiger partial charge in [0, 0.05) is 50.2 Å². The van der Waals surface area contributed by atoms with Crippen LogP contribution in [0.1, 0.15) is 22.6 Å². The molecule has 2 nitrogen and oxygen atoms in total. The first-order chi connectivity index (χ1) is 13.2. The topological polar surface area (TPSA) is 31.6 Å². The van der Waals surface area contributed by atoms with Crippen molar-refractivity contribution in [1.29, 1.82) is 0 Å². The van der Waals surface area contributed by atoms with Crippen molar-refractivity contribution in [3.63, 3.8) is 0 Å². The lowest BCUT2D eigenvalue weighted by Gasteiger charge is -2.18. The summed E-state index contributed by atoms with van der Waals surface area (Å²) >= 11 is 12.7. The normalized spacial score (nSPS) is 11.7. The number of benzene rings is 3. The van der Waals surface area contributed by atoms with Crippen LogP contribution in [0.3, 0.4) is 0 Å². The van der Waals surface area contributed by atoms with Crippen LogP contribution in [-0.4, -0.2) is 9.97 Å². The lowest BCUT2D eigenvalue weighted by molar-refractivity contribution is 0.998. The molecule has 2 N–H and O–H groups in total. The SMILES string of the molecule is Clc1cc(Cl)cc(C(c2c[nH]c3ccccc23)c2c[nH]c3ccccc23)c1. The lowest BCUT2D eigenvalue weighted by atomic mass is 9.85. The molecule has 5 rings (SSSR count). The summed E-state index contributed by atoms with van der Waals surface area (Å²) in [6, 6.07) is 22.5. The van der Waals surface area contributed by atoms with Crippen molar-refractivity contribution in [3.8, 4) is 0 Å². The van der Waals surface area contributed by atoms with Gasteiger partial charge in [0.2, 0.25) is 0 Å². The number of rotatable bonds is 3. The third-order valence-electron chi connectivity index (χ3n) is 5.08. The van der Waals surface area contributed by atoms with Crippen molar-refractivity contribution in [1.82, 2.24) is 9.97 Å². The Hall–Kier alpha value is -2.68. The van der Waals surface area contributed by atoms with Crippen LogP contribution in [-0.2, 0) is 0 Å². The fourth-order valence-corrected chi connectivity index (χ4v) is 4.48. The van der Waals surface area contributed by atoms with Crippen LogP contribution in [0.25, 0.3) is 21.8 Å². The summed E-state index contributed by atoms with van der Waals surface area (Å²) in [5.74, 6) is 0.00787. The Bertz CT molecular complexity index is 1170. The summed E-state index contributed by atoms with van der Waals surface area (Å²) in [5, 5.41) is 3.68. The highest BCUT2D eigenvalue weighted by molar-refractivity contribution is 6.34. The fraction of sp³-hybridized carbons (Fsp3) is 0.0435. The van der Waals surface area contributed by atoms with E-state index in [1.165, 1.54) is 21.9 Å². The van der Waals surface area contributed by atoms with Crippen LogP contribution in [0.2, 0.25) is 10.0 Å². The molecule has 0 fully saturated rings. The highest BCUT2D eigenvalue weighted by atomic mass is 35.5. The van der Waals surface area contributed by atoms with Gasteiger partial charge in [0.15, 0.2) is 0 Å². The Kier molecular flexibility index (Phi) is 3.96. The predicted octanol–water partition coefficient (Wildman–Crippen LogP) is 7.14. The summed E-state index contributed by atoms with van der Waals surface area (Å²) < 4.78 is 0. The molecule has 3 aromatic carbocycles. The Labute approximate surface area is 166 Å². The third kappa shape index (κ3) is 2.82. The van der Waals surface area contributed by atoms with E-state index in [1.807, 2.05) is 24.3 Å². The monoisotopic (exact) mass is 390 g/mol. The highest BCUT2D eigenvalue weighted by Crippen LogP contribution is 2.40. The van der Waals surface area contributed by atoms with Gasteiger partial charge in [0.05, 0.1) is 0 Å². The van der Waals surface area contributed by atoms with Crippen LogP contribution in [0.15, 0.2) is 79.1 Å². The number of hydrogen-bond acceptors (Lipinski definition) is 0. The molecule has 4 heteroatoms.